The number of hydrogen-bond acceptors (Lipinski definition) is 3. The molecule has 0 aliphatic rings. The van der Waals surface area contributed by atoms with Crippen molar-refractivity contribution in [3.63, 3.8) is 0 Å². The van der Waals surface area contributed by atoms with Crippen molar-refractivity contribution in [2.24, 2.45) is 12.8 Å². The molecule has 0 unspecified atom stereocenters. The van der Waals surface area contributed by atoms with Gasteiger partial charge in [0.2, 0.25) is 0 Å². The van der Waals surface area contributed by atoms with Gasteiger partial charge in [0.1, 0.15) is 10.8 Å². The van der Waals surface area contributed by atoms with Gasteiger partial charge < -0.3 is 11.1 Å². The Hall–Kier alpha value is -1.11. The van der Waals surface area contributed by atoms with Crippen molar-refractivity contribution in [2.75, 3.05) is 5.32 Å². The van der Waals surface area contributed by atoms with Gasteiger partial charge in [-0.2, -0.15) is 5.10 Å². The first-order valence-corrected chi connectivity index (χ1v) is 7.03. The van der Waals surface area contributed by atoms with Crippen LogP contribution < -0.4 is 11.1 Å². The first-order valence-electron chi connectivity index (χ1n) is 5.45. The Balaban J connectivity index is 2.49. The molecule has 3 N–H and O–H groups in total. The summed E-state index contributed by atoms with van der Waals surface area (Å²) in [5, 5.41) is 8.14. The van der Waals surface area contributed by atoms with Gasteiger partial charge in [-0.1, -0.05) is 39.7 Å². The summed E-state index contributed by atoms with van der Waals surface area (Å²) in [7, 11) is 1.82. The molecule has 0 atom stereocenters. The molecule has 4 nitrogen and oxygen atoms in total. The number of benzene rings is 1. The number of nitrogens with zero attached hydrogens (tertiary/aromatic N) is 2. The summed E-state index contributed by atoms with van der Waals surface area (Å²) in [4.78, 5) is 0.305. The molecule has 0 fully saturated rings. The predicted octanol–water partition coefficient (Wildman–Crippen LogP) is 3.52. The van der Waals surface area contributed by atoms with Gasteiger partial charge >= 0.3 is 0 Å². The van der Waals surface area contributed by atoms with E-state index in [1.54, 1.807) is 10.7 Å². The van der Waals surface area contributed by atoms with E-state index in [4.69, 9.17) is 29.6 Å². The van der Waals surface area contributed by atoms with Gasteiger partial charge in [-0.25, -0.2) is 0 Å². The molecule has 0 spiro atoms. The van der Waals surface area contributed by atoms with Crippen molar-refractivity contribution < 1.29 is 0 Å². The summed E-state index contributed by atoms with van der Waals surface area (Å²) in [6.07, 6.45) is 0. The lowest BCUT2D eigenvalue weighted by atomic mass is 10.2. The van der Waals surface area contributed by atoms with Crippen molar-refractivity contribution in [2.45, 2.75) is 6.92 Å². The summed E-state index contributed by atoms with van der Waals surface area (Å²) in [5.74, 6) is 0.727. The van der Waals surface area contributed by atoms with Crippen molar-refractivity contribution in [1.82, 2.24) is 9.78 Å². The van der Waals surface area contributed by atoms with Gasteiger partial charge in [0, 0.05) is 11.5 Å². The van der Waals surface area contributed by atoms with Crippen LogP contribution in [0.1, 0.15) is 11.3 Å². The van der Waals surface area contributed by atoms with Crippen LogP contribution in [-0.4, -0.2) is 14.8 Å². The van der Waals surface area contributed by atoms with E-state index in [9.17, 15) is 0 Å². The number of nitrogens with one attached hydrogen (secondary N) is 1. The predicted molar refractivity (Wildman–Crippen MR) is 86.3 cm³/mol. The molecular weight excluding hydrogens is 348 g/mol. The Kier molecular flexibility index (Phi) is 4.13. The van der Waals surface area contributed by atoms with Crippen LogP contribution in [-0.2, 0) is 7.05 Å². The molecule has 0 radical (unpaired) electrons. The van der Waals surface area contributed by atoms with Gasteiger partial charge in [-0.15, -0.1) is 0 Å². The van der Waals surface area contributed by atoms with E-state index >= 15 is 0 Å². The summed E-state index contributed by atoms with van der Waals surface area (Å²) in [6, 6.07) is 5.56. The van der Waals surface area contributed by atoms with E-state index in [1.807, 2.05) is 26.1 Å². The first kappa shape index (κ1) is 14.3. The molecule has 0 aliphatic heterocycles. The maximum Gasteiger partial charge on any atom is 0.138 e. The molecule has 7 heteroatoms. The third-order valence-electron chi connectivity index (χ3n) is 2.65. The Morgan fingerprint density at radius 1 is 1.53 bits per heavy atom. The van der Waals surface area contributed by atoms with Crippen molar-refractivity contribution in [3.05, 3.63) is 39.0 Å². The molecule has 1 aromatic carbocycles. The van der Waals surface area contributed by atoms with Crippen LogP contribution in [0.25, 0.3) is 0 Å². The molecule has 1 aromatic heterocycles. The van der Waals surface area contributed by atoms with Crippen LogP contribution in [0.2, 0.25) is 5.02 Å². The molecule has 100 valence electrons. The van der Waals surface area contributed by atoms with Crippen LogP contribution in [0.3, 0.4) is 0 Å². The van der Waals surface area contributed by atoms with Gasteiger partial charge in [0.25, 0.3) is 0 Å². The van der Waals surface area contributed by atoms with Crippen LogP contribution in [0.15, 0.2) is 22.7 Å². The van der Waals surface area contributed by atoms with Crippen LogP contribution in [0.5, 0.6) is 0 Å². The lowest BCUT2D eigenvalue weighted by Crippen LogP contribution is -2.13. The number of halogens is 2. The van der Waals surface area contributed by atoms with Gasteiger partial charge in [0.05, 0.1) is 22.0 Å². The molecule has 0 saturated carbocycles. The molecule has 0 aliphatic carbocycles. The fourth-order valence-corrected chi connectivity index (χ4v) is 2.59. The van der Waals surface area contributed by atoms with Gasteiger partial charge in [-0.3, -0.25) is 4.68 Å². The zero-order valence-electron chi connectivity index (χ0n) is 10.4. The minimum absolute atomic E-state index is 0.305. The fourth-order valence-electron chi connectivity index (χ4n) is 1.82. The number of thiocarbonyl (C=S) groups is 1. The normalized spacial score (nSPS) is 10.5. The van der Waals surface area contributed by atoms with E-state index in [-0.39, 0.29) is 0 Å². The number of aromatic nitrogens is 2. The van der Waals surface area contributed by atoms with E-state index in [2.05, 4.69) is 26.3 Å². The van der Waals surface area contributed by atoms with E-state index < -0.39 is 0 Å². The second kappa shape index (κ2) is 5.48. The summed E-state index contributed by atoms with van der Waals surface area (Å²) in [5.41, 5.74) is 8.02. The highest BCUT2D eigenvalue weighted by atomic mass is 79.9. The first-order chi connectivity index (χ1) is 8.90. The number of nitrogens with two attached hydrogens (primary N) is 1. The summed E-state index contributed by atoms with van der Waals surface area (Å²) < 4.78 is 2.62. The van der Waals surface area contributed by atoms with Gasteiger partial charge in [-0.05, 0) is 25.1 Å². The van der Waals surface area contributed by atoms with Crippen LogP contribution in [0, 0.1) is 6.92 Å². The third kappa shape index (κ3) is 2.91. The molecular formula is C12H12BrClN4S. The second-order valence-corrected chi connectivity index (χ2v) is 5.81. The molecule has 0 saturated heterocycles. The molecule has 2 aromatic rings. The Bertz CT molecular complexity index is 653. The topological polar surface area (TPSA) is 55.9 Å². The number of rotatable bonds is 3. The molecule has 0 amide bonds. The second-order valence-electron chi connectivity index (χ2n) is 4.05. The van der Waals surface area contributed by atoms with Crippen LogP contribution >= 0.6 is 39.7 Å². The molecule has 1 heterocycles. The number of aryl methyl sites for hydroxylation is 2. The smallest absolute Gasteiger partial charge is 0.138 e. The van der Waals surface area contributed by atoms with E-state index in [1.165, 1.54) is 0 Å². The zero-order chi connectivity index (χ0) is 14.2. The number of hydrogen-bond donors (Lipinski definition) is 2. The molecule has 2 rings (SSSR count). The zero-order valence-corrected chi connectivity index (χ0v) is 13.5. The maximum absolute atomic E-state index is 6.16. The minimum atomic E-state index is 0.305. The monoisotopic (exact) mass is 358 g/mol. The Morgan fingerprint density at radius 3 is 2.84 bits per heavy atom. The largest absolute Gasteiger partial charge is 0.389 e. The molecule has 19 heavy (non-hydrogen) atoms. The average Bonchev–Trinajstić information content (AvgIpc) is 2.59. The van der Waals surface area contributed by atoms with Crippen molar-refractivity contribution in [3.8, 4) is 0 Å². The van der Waals surface area contributed by atoms with Crippen LogP contribution in [0.4, 0.5) is 11.5 Å². The Morgan fingerprint density at radius 2 is 2.21 bits per heavy atom. The third-order valence-corrected chi connectivity index (χ3v) is 3.68. The quantitative estimate of drug-likeness (QED) is 0.823. The summed E-state index contributed by atoms with van der Waals surface area (Å²) in [6.45, 7) is 1.86. The average molecular weight is 360 g/mol. The lowest BCUT2D eigenvalue weighted by molar-refractivity contribution is 0.765. The standard InChI is InChI=1S/C12H12BrClN4S/c1-6-10(11(15)19)12(18(2)17-6)16-9-5-7(13)3-4-8(9)14/h3-5,16H,1-2H3,(H2,15,19). The minimum Gasteiger partial charge on any atom is -0.389 e. The Labute approximate surface area is 130 Å². The fraction of sp³-hybridized carbons (Fsp3) is 0.167. The highest BCUT2D eigenvalue weighted by Crippen LogP contribution is 2.30. The maximum atomic E-state index is 6.16. The highest BCUT2D eigenvalue weighted by Gasteiger charge is 2.16. The SMILES string of the molecule is Cc1nn(C)c(Nc2cc(Br)ccc2Cl)c1C(N)=S. The number of anilines is 2. The lowest BCUT2D eigenvalue weighted by Gasteiger charge is -2.11. The van der Waals surface area contributed by atoms with E-state index in [0.717, 1.165) is 27.2 Å². The van der Waals surface area contributed by atoms with Crippen molar-refractivity contribution in [1.29, 1.82) is 0 Å². The highest BCUT2D eigenvalue weighted by molar-refractivity contribution is 9.10. The van der Waals surface area contributed by atoms with E-state index in [0.29, 0.717) is 10.0 Å². The van der Waals surface area contributed by atoms with Crippen molar-refractivity contribution >= 4 is 56.2 Å². The summed E-state index contributed by atoms with van der Waals surface area (Å²) >= 11 is 14.6. The van der Waals surface area contributed by atoms with Gasteiger partial charge in [0.15, 0.2) is 0 Å². The molecule has 0 bridgehead atoms.